The van der Waals surface area contributed by atoms with Gasteiger partial charge in [-0.1, -0.05) is 11.6 Å². The number of fused-ring (bicyclic) bond motifs is 1. The van der Waals surface area contributed by atoms with Crippen LogP contribution < -0.4 is 0 Å². The summed E-state index contributed by atoms with van der Waals surface area (Å²) in [5, 5.41) is 0.474. The summed E-state index contributed by atoms with van der Waals surface area (Å²) in [4.78, 5) is 8.61. The molecule has 8 heteroatoms. The van der Waals surface area contributed by atoms with Crippen LogP contribution in [0.3, 0.4) is 0 Å². The van der Waals surface area contributed by atoms with Crippen LogP contribution in [0.4, 0.5) is 13.2 Å². The molecule has 2 aromatic heterocycles. The Morgan fingerprint density at radius 2 is 2.00 bits per heavy atom. The van der Waals surface area contributed by atoms with Crippen molar-refractivity contribution >= 4 is 34.4 Å². The lowest BCUT2D eigenvalue weighted by Crippen LogP contribution is -2.09. The topological polar surface area (TPSA) is 30.7 Å². The van der Waals surface area contributed by atoms with Crippen LogP contribution in [0.25, 0.3) is 11.2 Å². The second-order valence-electron chi connectivity index (χ2n) is 4.69. The summed E-state index contributed by atoms with van der Waals surface area (Å²) in [5.74, 6) is 1.11. The second-order valence-corrected chi connectivity index (χ2v) is 5.50. The number of rotatable bonds is 6. The van der Waals surface area contributed by atoms with E-state index in [0.717, 1.165) is 5.82 Å². The van der Waals surface area contributed by atoms with Crippen molar-refractivity contribution in [3.8, 4) is 0 Å². The van der Waals surface area contributed by atoms with Crippen LogP contribution in [-0.2, 0) is 13.0 Å². The minimum absolute atomic E-state index is 0.0804. The van der Waals surface area contributed by atoms with Gasteiger partial charge in [-0.15, -0.1) is 11.6 Å². The number of nitrogens with zero attached hydrogens (tertiary/aromatic N) is 3. The average Bonchev–Trinajstić information content (AvgIpc) is 2.71. The summed E-state index contributed by atoms with van der Waals surface area (Å²) < 4.78 is 38.3. The molecule has 0 fully saturated rings. The maximum Gasteiger partial charge on any atom is 0.389 e. The third-order valence-electron chi connectivity index (χ3n) is 3.04. The van der Waals surface area contributed by atoms with Crippen molar-refractivity contribution < 1.29 is 13.2 Å². The summed E-state index contributed by atoms with van der Waals surface area (Å²) in [6.07, 6.45) is -2.36. The van der Waals surface area contributed by atoms with Crippen molar-refractivity contribution in [3.63, 3.8) is 0 Å². The molecule has 0 aliphatic carbocycles. The molecule has 0 bridgehead atoms. The van der Waals surface area contributed by atoms with Crippen LogP contribution in [0.2, 0.25) is 5.02 Å². The van der Waals surface area contributed by atoms with E-state index in [-0.39, 0.29) is 6.42 Å². The van der Waals surface area contributed by atoms with Crippen molar-refractivity contribution in [3.05, 3.63) is 23.1 Å². The molecule has 0 aliphatic heterocycles. The van der Waals surface area contributed by atoms with Gasteiger partial charge in [0.05, 0.1) is 5.02 Å². The number of alkyl halides is 4. The molecule has 0 radical (unpaired) electrons. The third kappa shape index (κ3) is 4.48. The highest BCUT2D eigenvalue weighted by atomic mass is 35.5. The van der Waals surface area contributed by atoms with E-state index in [9.17, 15) is 13.2 Å². The molecule has 0 saturated heterocycles. The quantitative estimate of drug-likeness (QED) is 0.568. The van der Waals surface area contributed by atoms with E-state index < -0.39 is 12.6 Å². The van der Waals surface area contributed by atoms with E-state index in [2.05, 4.69) is 9.97 Å². The van der Waals surface area contributed by atoms with E-state index in [1.54, 1.807) is 6.07 Å². The molecule has 0 unspecified atom stereocenters. The molecule has 0 amide bonds. The van der Waals surface area contributed by atoms with Crippen molar-refractivity contribution in [2.24, 2.45) is 0 Å². The van der Waals surface area contributed by atoms with Gasteiger partial charge in [0, 0.05) is 31.5 Å². The number of imidazole rings is 1. The minimum Gasteiger partial charge on any atom is -0.313 e. The van der Waals surface area contributed by atoms with E-state index in [0.29, 0.717) is 41.5 Å². The molecule has 0 aromatic carbocycles. The first-order valence-electron chi connectivity index (χ1n) is 6.54. The molecule has 2 aromatic rings. The Balaban J connectivity index is 2.14. The van der Waals surface area contributed by atoms with Crippen LogP contribution in [0.15, 0.2) is 12.3 Å². The van der Waals surface area contributed by atoms with Gasteiger partial charge in [0.1, 0.15) is 11.3 Å². The summed E-state index contributed by atoms with van der Waals surface area (Å²) in [5.41, 5.74) is 1.27. The van der Waals surface area contributed by atoms with Crippen LogP contribution in [0, 0.1) is 0 Å². The highest BCUT2D eigenvalue weighted by molar-refractivity contribution is 6.31. The molecule has 2 rings (SSSR count). The number of aromatic nitrogens is 3. The number of hydrogen-bond donors (Lipinski definition) is 0. The number of aryl methyl sites for hydroxylation is 2. The Morgan fingerprint density at radius 1 is 1.24 bits per heavy atom. The lowest BCUT2D eigenvalue weighted by Gasteiger charge is -2.09. The molecular formula is C13H14Cl2F3N3. The first kappa shape index (κ1) is 16.4. The average molecular weight is 340 g/mol. The predicted octanol–water partition coefficient (Wildman–Crippen LogP) is 4.60. The highest BCUT2D eigenvalue weighted by Crippen LogP contribution is 2.24. The van der Waals surface area contributed by atoms with Gasteiger partial charge in [-0.2, -0.15) is 13.2 Å². The lowest BCUT2D eigenvalue weighted by molar-refractivity contribution is -0.135. The predicted molar refractivity (Wildman–Crippen MR) is 76.9 cm³/mol. The standard InChI is InChI=1S/C13H14Cl2F3N3/c14-5-3-11-20-10-7-9(15)8-19-12(10)21(11)6-2-1-4-13(16,17)18/h7-8H,1-6H2. The number of unbranched alkanes of at least 4 members (excludes halogenated alkanes) is 1. The number of hydrogen-bond acceptors (Lipinski definition) is 2. The van der Waals surface area contributed by atoms with Crippen LogP contribution in [0.1, 0.15) is 25.1 Å². The second kappa shape index (κ2) is 6.83. The zero-order chi connectivity index (χ0) is 15.5. The van der Waals surface area contributed by atoms with Crippen molar-refractivity contribution in [1.82, 2.24) is 14.5 Å². The molecule has 0 aliphatic rings. The molecule has 0 atom stereocenters. The minimum atomic E-state index is -4.11. The molecule has 21 heavy (non-hydrogen) atoms. The van der Waals surface area contributed by atoms with Crippen molar-refractivity contribution in [2.75, 3.05) is 5.88 Å². The van der Waals surface area contributed by atoms with Gasteiger partial charge in [0.15, 0.2) is 5.65 Å². The maximum absolute atomic E-state index is 12.2. The normalized spacial score (nSPS) is 12.2. The van der Waals surface area contributed by atoms with E-state index in [1.807, 2.05) is 4.57 Å². The van der Waals surface area contributed by atoms with Crippen molar-refractivity contribution in [2.45, 2.75) is 38.4 Å². The zero-order valence-corrected chi connectivity index (χ0v) is 12.6. The van der Waals surface area contributed by atoms with Crippen molar-refractivity contribution in [1.29, 1.82) is 0 Å². The van der Waals surface area contributed by atoms with Gasteiger partial charge >= 0.3 is 6.18 Å². The fourth-order valence-electron chi connectivity index (χ4n) is 2.14. The largest absolute Gasteiger partial charge is 0.389 e. The molecular weight excluding hydrogens is 326 g/mol. The van der Waals surface area contributed by atoms with Crippen LogP contribution in [-0.4, -0.2) is 26.6 Å². The summed E-state index contributed by atoms with van der Waals surface area (Å²) in [6, 6.07) is 1.69. The molecule has 2 heterocycles. The monoisotopic (exact) mass is 339 g/mol. The van der Waals surface area contributed by atoms with E-state index in [4.69, 9.17) is 23.2 Å². The SMILES string of the molecule is FC(F)(F)CCCCn1c(CCCl)nc2cc(Cl)cnc21. The van der Waals surface area contributed by atoms with Crippen LogP contribution >= 0.6 is 23.2 Å². The first-order chi connectivity index (χ1) is 9.90. The van der Waals surface area contributed by atoms with E-state index >= 15 is 0 Å². The van der Waals surface area contributed by atoms with Gasteiger partial charge < -0.3 is 4.57 Å². The third-order valence-corrected chi connectivity index (χ3v) is 3.44. The van der Waals surface area contributed by atoms with Gasteiger partial charge in [-0.3, -0.25) is 0 Å². The summed E-state index contributed by atoms with van der Waals surface area (Å²) in [6.45, 7) is 0.438. The van der Waals surface area contributed by atoms with Gasteiger partial charge in [0.25, 0.3) is 0 Å². The molecule has 0 saturated carbocycles. The number of pyridine rings is 1. The Morgan fingerprint density at radius 3 is 2.67 bits per heavy atom. The molecule has 116 valence electrons. The highest BCUT2D eigenvalue weighted by Gasteiger charge is 2.26. The Bertz CT molecular complexity index is 610. The van der Waals surface area contributed by atoms with E-state index in [1.165, 1.54) is 6.20 Å². The summed E-state index contributed by atoms with van der Waals surface area (Å²) in [7, 11) is 0. The van der Waals surface area contributed by atoms with Gasteiger partial charge in [0.2, 0.25) is 0 Å². The van der Waals surface area contributed by atoms with Gasteiger partial charge in [-0.05, 0) is 18.9 Å². The first-order valence-corrected chi connectivity index (χ1v) is 7.45. The van der Waals surface area contributed by atoms with Gasteiger partial charge in [-0.25, -0.2) is 9.97 Å². The smallest absolute Gasteiger partial charge is 0.313 e. The molecule has 0 spiro atoms. The fraction of sp³-hybridized carbons (Fsp3) is 0.538. The maximum atomic E-state index is 12.2. The lowest BCUT2D eigenvalue weighted by atomic mass is 10.2. The fourth-order valence-corrected chi connectivity index (χ4v) is 2.46. The molecule has 0 N–H and O–H groups in total. The Hall–Kier alpha value is -1.01. The molecule has 3 nitrogen and oxygen atoms in total. The van der Waals surface area contributed by atoms with Crippen LogP contribution in [0.5, 0.6) is 0 Å². The summed E-state index contributed by atoms with van der Waals surface area (Å²) >= 11 is 11.6. The Kier molecular flexibility index (Phi) is 5.32. The Labute approximate surface area is 130 Å². The zero-order valence-electron chi connectivity index (χ0n) is 11.1. The number of halogens is 5.